The van der Waals surface area contributed by atoms with Gasteiger partial charge in [-0.25, -0.2) is 4.98 Å². The summed E-state index contributed by atoms with van der Waals surface area (Å²) < 4.78 is 5.70. The standard InChI is InChI=1S/C16H14N4O2S3/c1-7-8(2)24-15-11(7)13(21)17-12(18-15)9(3)25-16-20-19-14(22-16)10-5-4-6-23-10/h4-6,9H,1-3H3,(H,17,18,21)/t9-/m1/s1. The Hall–Kier alpha value is -1.97. The molecule has 0 fully saturated rings. The molecule has 0 saturated carbocycles. The number of nitrogens with zero attached hydrogens (tertiary/aromatic N) is 3. The molecule has 4 aromatic rings. The molecule has 0 unspecified atom stereocenters. The number of aromatic amines is 1. The van der Waals surface area contributed by atoms with Crippen LogP contribution in [0.5, 0.6) is 0 Å². The molecule has 4 heterocycles. The van der Waals surface area contributed by atoms with Gasteiger partial charge in [0.2, 0.25) is 0 Å². The van der Waals surface area contributed by atoms with Gasteiger partial charge in [0.05, 0.1) is 15.5 Å². The van der Waals surface area contributed by atoms with E-state index in [0.717, 1.165) is 20.1 Å². The van der Waals surface area contributed by atoms with E-state index < -0.39 is 0 Å². The number of aromatic nitrogens is 4. The van der Waals surface area contributed by atoms with Gasteiger partial charge in [0.25, 0.3) is 16.7 Å². The highest BCUT2D eigenvalue weighted by molar-refractivity contribution is 7.99. The average molecular weight is 391 g/mol. The van der Waals surface area contributed by atoms with E-state index in [1.807, 2.05) is 38.3 Å². The van der Waals surface area contributed by atoms with Crippen molar-refractivity contribution in [2.75, 3.05) is 0 Å². The quantitative estimate of drug-likeness (QED) is 0.514. The fourth-order valence-corrected chi connectivity index (χ4v) is 4.85. The fraction of sp³-hybridized carbons (Fsp3) is 0.250. The lowest BCUT2D eigenvalue weighted by Gasteiger charge is -2.07. The molecule has 0 saturated heterocycles. The largest absolute Gasteiger partial charge is 0.410 e. The summed E-state index contributed by atoms with van der Waals surface area (Å²) in [5, 5.41) is 11.1. The van der Waals surface area contributed by atoms with Crippen molar-refractivity contribution in [2.24, 2.45) is 0 Å². The van der Waals surface area contributed by atoms with Gasteiger partial charge in [-0.3, -0.25) is 4.79 Å². The predicted molar refractivity (Wildman–Crippen MR) is 102 cm³/mol. The minimum Gasteiger partial charge on any atom is -0.410 e. The fourth-order valence-electron chi connectivity index (χ4n) is 2.43. The molecular formula is C16H14N4O2S3. The number of H-pyrrole nitrogens is 1. The zero-order valence-corrected chi connectivity index (χ0v) is 16.1. The maximum Gasteiger partial charge on any atom is 0.277 e. The zero-order chi connectivity index (χ0) is 17.6. The van der Waals surface area contributed by atoms with Crippen LogP contribution in [0.3, 0.4) is 0 Å². The molecule has 4 aromatic heterocycles. The smallest absolute Gasteiger partial charge is 0.277 e. The number of thioether (sulfide) groups is 1. The van der Waals surface area contributed by atoms with Crippen LogP contribution in [-0.4, -0.2) is 20.2 Å². The van der Waals surface area contributed by atoms with Gasteiger partial charge in [-0.15, -0.1) is 32.9 Å². The highest BCUT2D eigenvalue weighted by atomic mass is 32.2. The molecule has 0 aliphatic rings. The second-order valence-corrected chi connectivity index (χ2v) is 8.97. The summed E-state index contributed by atoms with van der Waals surface area (Å²) in [5.41, 5.74) is 0.900. The molecule has 0 aliphatic heterocycles. The van der Waals surface area contributed by atoms with Gasteiger partial charge in [0, 0.05) is 4.88 Å². The van der Waals surface area contributed by atoms with Crippen LogP contribution in [0.25, 0.3) is 21.0 Å². The zero-order valence-electron chi connectivity index (χ0n) is 13.7. The molecule has 0 spiro atoms. The Balaban J connectivity index is 1.62. The van der Waals surface area contributed by atoms with E-state index in [2.05, 4.69) is 20.2 Å². The lowest BCUT2D eigenvalue weighted by Crippen LogP contribution is -2.12. The number of aryl methyl sites for hydroxylation is 2. The first-order chi connectivity index (χ1) is 12.0. The van der Waals surface area contributed by atoms with Crippen molar-refractivity contribution in [3.8, 4) is 10.8 Å². The normalized spacial score (nSPS) is 12.8. The maximum atomic E-state index is 12.4. The summed E-state index contributed by atoms with van der Waals surface area (Å²) in [6.07, 6.45) is 0. The second kappa shape index (κ2) is 6.40. The Morgan fingerprint density at radius 1 is 1.32 bits per heavy atom. The number of thiophene rings is 2. The van der Waals surface area contributed by atoms with Crippen molar-refractivity contribution >= 4 is 44.7 Å². The molecule has 1 atom stereocenters. The Morgan fingerprint density at radius 2 is 2.16 bits per heavy atom. The third kappa shape index (κ3) is 3.03. The minimum absolute atomic E-state index is 0.0981. The number of fused-ring (bicyclic) bond motifs is 1. The van der Waals surface area contributed by atoms with E-state index in [0.29, 0.717) is 22.3 Å². The van der Waals surface area contributed by atoms with E-state index in [1.54, 1.807) is 22.7 Å². The van der Waals surface area contributed by atoms with Gasteiger partial charge < -0.3 is 9.40 Å². The molecule has 0 aromatic carbocycles. The van der Waals surface area contributed by atoms with E-state index in [-0.39, 0.29) is 10.8 Å². The van der Waals surface area contributed by atoms with Gasteiger partial charge in [0.1, 0.15) is 10.7 Å². The number of rotatable bonds is 4. The minimum atomic E-state index is -0.114. The number of hydrogen-bond acceptors (Lipinski definition) is 8. The topological polar surface area (TPSA) is 84.7 Å². The van der Waals surface area contributed by atoms with Crippen molar-refractivity contribution in [3.05, 3.63) is 44.1 Å². The lowest BCUT2D eigenvalue weighted by atomic mass is 10.2. The van der Waals surface area contributed by atoms with Crippen LogP contribution in [0.4, 0.5) is 0 Å². The van der Waals surface area contributed by atoms with Gasteiger partial charge >= 0.3 is 0 Å². The highest BCUT2D eigenvalue weighted by Gasteiger charge is 2.19. The van der Waals surface area contributed by atoms with Gasteiger partial charge in [-0.05, 0) is 37.8 Å². The molecule has 9 heteroatoms. The summed E-state index contributed by atoms with van der Waals surface area (Å²) in [6, 6.07) is 3.87. The van der Waals surface area contributed by atoms with Crippen molar-refractivity contribution in [1.82, 2.24) is 20.2 Å². The van der Waals surface area contributed by atoms with Crippen molar-refractivity contribution in [3.63, 3.8) is 0 Å². The molecule has 25 heavy (non-hydrogen) atoms. The molecular weight excluding hydrogens is 376 g/mol. The second-order valence-electron chi connectivity index (χ2n) is 5.53. The summed E-state index contributed by atoms with van der Waals surface area (Å²) in [7, 11) is 0. The van der Waals surface area contributed by atoms with Crippen molar-refractivity contribution in [2.45, 2.75) is 31.2 Å². The third-order valence-corrected chi connectivity index (χ3v) is 6.76. The monoisotopic (exact) mass is 390 g/mol. The lowest BCUT2D eigenvalue weighted by molar-refractivity contribution is 0.465. The first-order valence-corrected chi connectivity index (χ1v) is 10.1. The molecule has 0 amide bonds. The van der Waals surface area contributed by atoms with Crippen LogP contribution in [0.1, 0.15) is 28.4 Å². The van der Waals surface area contributed by atoms with E-state index >= 15 is 0 Å². The van der Waals surface area contributed by atoms with Crippen molar-refractivity contribution < 1.29 is 4.42 Å². The third-order valence-electron chi connectivity index (χ3n) is 3.86. The summed E-state index contributed by atoms with van der Waals surface area (Å²) >= 11 is 4.47. The molecule has 0 aliphatic carbocycles. The Morgan fingerprint density at radius 3 is 2.92 bits per heavy atom. The van der Waals surface area contributed by atoms with Crippen LogP contribution < -0.4 is 5.56 Å². The molecule has 0 radical (unpaired) electrons. The van der Waals surface area contributed by atoms with E-state index in [9.17, 15) is 4.79 Å². The predicted octanol–water partition coefficient (Wildman–Crippen LogP) is 4.57. The van der Waals surface area contributed by atoms with Crippen LogP contribution in [0.2, 0.25) is 0 Å². The maximum absolute atomic E-state index is 12.4. The first kappa shape index (κ1) is 16.5. The molecule has 4 rings (SSSR count). The Labute approximate surface area is 155 Å². The Kier molecular flexibility index (Phi) is 4.22. The van der Waals surface area contributed by atoms with Crippen LogP contribution in [0.15, 0.2) is 31.9 Å². The van der Waals surface area contributed by atoms with Crippen molar-refractivity contribution in [1.29, 1.82) is 0 Å². The molecule has 0 bridgehead atoms. The highest BCUT2D eigenvalue weighted by Crippen LogP contribution is 2.35. The Bertz CT molecular complexity index is 1090. The van der Waals surface area contributed by atoms with Gasteiger partial charge in [-0.1, -0.05) is 17.8 Å². The van der Waals surface area contributed by atoms with E-state index in [1.165, 1.54) is 11.8 Å². The van der Waals surface area contributed by atoms with Gasteiger partial charge in [0.15, 0.2) is 0 Å². The molecule has 128 valence electrons. The van der Waals surface area contributed by atoms with Crippen LogP contribution in [0, 0.1) is 13.8 Å². The van der Waals surface area contributed by atoms with Crippen LogP contribution >= 0.6 is 34.4 Å². The van der Waals surface area contributed by atoms with Crippen LogP contribution in [-0.2, 0) is 0 Å². The summed E-state index contributed by atoms with van der Waals surface area (Å²) in [5.74, 6) is 1.12. The van der Waals surface area contributed by atoms with E-state index in [4.69, 9.17) is 4.42 Å². The summed E-state index contributed by atoms with van der Waals surface area (Å²) in [4.78, 5) is 22.7. The first-order valence-electron chi connectivity index (χ1n) is 7.57. The average Bonchev–Trinajstić information content (AvgIpc) is 3.29. The number of hydrogen-bond donors (Lipinski definition) is 1. The van der Waals surface area contributed by atoms with Gasteiger partial charge in [-0.2, -0.15) is 0 Å². The number of nitrogens with one attached hydrogen (secondary N) is 1. The molecule has 1 N–H and O–H groups in total. The summed E-state index contributed by atoms with van der Waals surface area (Å²) in [6.45, 7) is 5.91. The SMILES string of the molecule is Cc1sc2nc([C@@H](C)Sc3nnc(-c4cccs4)o3)[nH]c(=O)c2c1C. The molecule has 6 nitrogen and oxygen atoms in total.